The predicted molar refractivity (Wildman–Crippen MR) is 56.9 cm³/mol. The molecule has 3 N–H and O–H groups in total. The van der Waals surface area contributed by atoms with Crippen molar-refractivity contribution in [2.75, 3.05) is 12.3 Å². The number of rotatable bonds is 4. The first-order valence-corrected chi connectivity index (χ1v) is 5.38. The van der Waals surface area contributed by atoms with E-state index in [4.69, 9.17) is 10.3 Å². The average molecular weight is 239 g/mol. The van der Waals surface area contributed by atoms with Crippen LogP contribution in [0.1, 0.15) is 16.4 Å². The van der Waals surface area contributed by atoms with Crippen LogP contribution in [-0.4, -0.2) is 27.6 Å². The first-order valence-electron chi connectivity index (χ1n) is 4.50. The molecule has 0 aliphatic carbocycles. The maximum Gasteiger partial charge on any atom is 0.270 e. The molecule has 8 heteroatoms. The van der Waals surface area contributed by atoms with Crippen molar-refractivity contribution in [1.29, 1.82) is 0 Å². The Morgan fingerprint density at radius 1 is 1.62 bits per heavy atom. The van der Waals surface area contributed by atoms with Gasteiger partial charge in [0.05, 0.1) is 0 Å². The quantitative estimate of drug-likeness (QED) is 0.782. The molecule has 84 valence electrons. The number of aromatic nitrogens is 3. The number of nitrogens with two attached hydrogens (primary N) is 1. The smallest absolute Gasteiger partial charge is 0.270 e. The number of carbonyl (C=O) groups is 1. The van der Waals surface area contributed by atoms with Crippen LogP contribution in [0, 0.1) is 0 Å². The van der Waals surface area contributed by atoms with Crippen molar-refractivity contribution in [3.8, 4) is 0 Å². The number of thiazole rings is 1. The first kappa shape index (κ1) is 10.6. The number of nitrogens with zero attached hydrogens (tertiary/aromatic N) is 3. The van der Waals surface area contributed by atoms with Gasteiger partial charge in [0.25, 0.3) is 5.91 Å². The zero-order valence-corrected chi connectivity index (χ0v) is 9.03. The Morgan fingerprint density at radius 3 is 3.12 bits per heavy atom. The standard InChI is InChI=1S/C8H9N5O2S/c9-8-13-5(3-16-8)7(14)10-2-1-6-11-4-12-15-6/h3-4H,1-2H2,(H2,9,13)(H,10,14). The highest BCUT2D eigenvalue weighted by Crippen LogP contribution is 2.10. The van der Waals surface area contributed by atoms with Gasteiger partial charge in [-0.25, -0.2) is 4.98 Å². The second-order valence-corrected chi connectivity index (χ2v) is 3.80. The molecule has 2 aromatic rings. The van der Waals surface area contributed by atoms with Crippen molar-refractivity contribution in [2.45, 2.75) is 6.42 Å². The summed E-state index contributed by atoms with van der Waals surface area (Å²) in [4.78, 5) is 19.2. The number of carbonyl (C=O) groups excluding carboxylic acids is 1. The Kier molecular flexibility index (Phi) is 3.10. The zero-order valence-electron chi connectivity index (χ0n) is 8.21. The van der Waals surface area contributed by atoms with Gasteiger partial charge in [-0.2, -0.15) is 4.98 Å². The summed E-state index contributed by atoms with van der Waals surface area (Å²) < 4.78 is 4.78. The van der Waals surface area contributed by atoms with E-state index in [0.29, 0.717) is 29.7 Å². The van der Waals surface area contributed by atoms with Crippen molar-refractivity contribution >= 4 is 22.4 Å². The normalized spacial score (nSPS) is 10.2. The molecular weight excluding hydrogens is 230 g/mol. The van der Waals surface area contributed by atoms with Gasteiger partial charge in [0, 0.05) is 18.3 Å². The Hall–Kier alpha value is -1.96. The summed E-state index contributed by atoms with van der Waals surface area (Å²) in [6.07, 6.45) is 1.81. The van der Waals surface area contributed by atoms with Gasteiger partial charge in [0.15, 0.2) is 11.5 Å². The van der Waals surface area contributed by atoms with E-state index in [1.165, 1.54) is 17.7 Å². The van der Waals surface area contributed by atoms with Crippen LogP contribution in [0.25, 0.3) is 0 Å². The highest BCUT2D eigenvalue weighted by molar-refractivity contribution is 7.13. The van der Waals surface area contributed by atoms with Crippen LogP contribution in [-0.2, 0) is 6.42 Å². The molecule has 0 spiro atoms. The number of anilines is 1. The molecule has 0 saturated heterocycles. The van der Waals surface area contributed by atoms with Crippen LogP contribution in [0.2, 0.25) is 0 Å². The monoisotopic (exact) mass is 239 g/mol. The number of amides is 1. The summed E-state index contributed by atoms with van der Waals surface area (Å²) in [7, 11) is 0. The molecule has 0 unspecified atom stereocenters. The number of nitrogen functional groups attached to an aromatic ring is 1. The van der Waals surface area contributed by atoms with Crippen LogP contribution in [0.3, 0.4) is 0 Å². The van der Waals surface area contributed by atoms with Crippen molar-refractivity contribution < 1.29 is 9.32 Å². The van der Waals surface area contributed by atoms with Crippen LogP contribution >= 0.6 is 11.3 Å². The fourth-order valence-electron chi connectivity index (χ4n) is 1.07. The molecule has 0 aromatic carbocycles. The van der Waals surface area contributed by atoms with Crippen molar-refractivity contribution in [3.05, 3.63) is 23.3 Å². The third-order valence-electron chi connectivity index (χ3n) is 1.79. The van der Waals surface area contributed by atoms with Gasteiger partial charge in [-0.15, -0.1) is 11.3 Å². The predicted octanol–water partition coefficient (Wildman–Crippen LogP) is 0.0808. The molecule has 0 aliphatic heterocycles. The SMILES string of the molecule is Nc1nc(C(=O)NCCc2ncno2)cs1. The molecule has 0 bridgehead atoms. The molecule has 1 amide bonds. The van der Waals surface area contributed by atoms with E-state index in [0.717, 1.165) is 0 Å². The van der Waals surface area contributed by atoms with E-state index < -0.39 is 0 Å². The molecule has 2 heterocycles. The highest BCUT2D eigenvalue weighted by atomic mass is 32.1. The second kappa shape index (κ2) is 4.71. The topological polar surface area (TPSA) is 107 Å². The minimum absolute atomic E-state index is 0.257. The van der Waals surface area contributed by atoms with E-state index in [1.807, 2.05) is 0 Å². The van der Waals surface area contributed by atoms with Crippen LogP contribution in [0.15, 0.2) is 16.2 Å². The number of nitrogens with one attached hydrogen (secondary N) is 1. The van der Waals surface area contributed by atoms with E-state index >= 15 is 0 Å². The third-order valence-corrected chi connectivity index (χ3v) is 2.46. The van der Waals surface area contributed by atoms with Gasteiger partial charge in [0.2, 0.25) is 5.89 Å². The average Bonchev–Trinajstić information content (AvgIpc) is 2.89. The van der Waals surface area contributed by atoms with E-state index in [1.54, 1.807) is 5.38 Å². The Morgan fingerprint density at radius 2 is 2.50 bits per heavy atom. The zero-order chi connectivity index (χ0) is 11.4. The molecule has 0 saturated carbocycles. The molecular formula is C8H9N5O2S. The lowest BCUT2D eigenvalue weighted by atomic mass is 10.4. The maximum absolute atomic E-state index is 11.5. The van der Waals surface area contributed by atoms with Crippen molar-refractivity contribution in [1.82, 2.24) is 20.4 Å². The molecule has 7 nitrogen and oxygen atoms in total. The molecule has 2 aromatic heterocycles. The summed E-state index contributed by atoms with van der Waals surface area (Å²) in [6, 6.07) is 0. The van der Waals surface area contributed by atoms with E-state index in [9.17, 15) is 4.79 Å². The molecule has 0 aliphatic rings. The summed E-state index contributed by atoms with van der Waals surface area (Å²) >= 11 is 1.23. The molecule has 0 atom stereocenters. The highest BCUT2D eigenvalue weighted by Gasteiger charge is 2.09. The molecule has 0 fully saturated rings. The fourth-order valence-corrected chi connectivity index (χ4v) is 1.61. The van der Waals surface area contributed by atoms with Crippen molar-refractivity contribution in [3.63, 3.8) is 0 Å². The van der Waals surface area contributed by atoms with Gasteiger partial charge in [-0.05, 0) is 0 Å². The summed E-state index contributed by atoms with van der Waals surface area (Å²) in [5.41, 5.74) is 5.74. The second-order valence-electron chi connectivity index (χ2n) is 2.91. The van der Waals surface area contributed by atoms with Gasteiger partial charge < -0.3 is 15.6 Å². The summed E-state index contributed by atoms with van der Waals surface area (Å²) in [5.74, 6) is 0.227. The first-order chi connectivity index (χ1) is 7.75. The summed E-state index contributed by atoms with van der Waals surface area (Å²) in [5, 5.41) is 8.11. The van der Waals surface area contributed by atoms with Gasteiger partial charge >= 0.3 is 0 Å². The van der Waals surface area contributed by atoms with Gasteiger partial charge in [-0.1, -0.05) is 5.16 Å². The van der Waals surface area contributed by atoms with E-state index in [-0.39, 0.29) is 5.91 Å². The summed E-state index contributed by atoms with van der Waals surface area (Å²) in [6.45, 7) is 0.415. The third kappa shape index (κ3) is 2.54. The van der Waals surface area contributed by atoms with Crippen LogP contribution in [0.5, 0.6) is 0 Å². The van der Waals surface area contributed by atoms with Crippen molar-refractivity contribution in [2.24, 2.45) is 0 Å². The van der Waals surface area contributed by atoms with E-state index in [2.05, 4.69) is 20.4 Å². The number of hydrogen-bond donors (Lipinski definition) is 2. The number of hydrogen-bond acceptors (Lipinski definition) is 7. The maximum atomic E-state index is 11.5. The largest absolute Gasteiger partial charge is 0.375 e. The fraction of sp³-hybridized carbons (Fsp3) is 0.250. The minimum atomic E-state index is -0.257. The molecule has 2 rings (SSSR count). The molecule has 0 radical (unpaired) electrons. The lowest BCUT2D eigenvalue weighted by Gasteiger charge is -1.99. The van der Waals surface area contributed by atoms with Crippen LogP contribution < -0.4 is 11.1 Å². The minimum Gasteiger partial charge on any atom is -0.375 e. The Labute approximate surface area is 94.7 Å². The lowest BCUT2D eigenvalue weighted by molar-refractivity contribution is 0.0949. The van der Waals surface area contributed by atoms with Crippen LogP contribution in [0.4, 0.5) is 5.13 Å². The lowest BCUT2D eigenvalue weighted by Crippen LogP contribution is -2.26. The molecule has 16 heavy (non-hydrogen) atoms. The van der Waals surface area contributed by atoms with Gasteiger partial charge in [-0.3, -0.25) is 4.79 Å². The Bertz CT molecular complexity index is 466. The van der Waals surface area contributed by atoms with Gasteiger partial charge in [0.1, 0.15) is 5.69 Å². The Balaban J connectivity index is 1.80.